The van der Waals surface area contributed by atoms with Gasteiger partial charge in [-0.3, -0.25) is 0 Å². The van der Waals surface area contributed by atoms with Gasteiger partial charge in [-0.2, -0.15) is 0 Å². The molecule has 2 nitrogen and oxygen atoms in total. The number of benzene rings is 2. The van der Waals surface area contributed by atoms with E-state index >= 15 is 0 Å². The molecule has 2 aromatic rings. The van der Waals surface area contributed by atoms with Crippen molar-refractivity contribution in [3.05, 3.63) is 71.5 Å². The van der Waals surface area contributed by atoms with E-state index in [9.17, 15) is 4.39 Å². The summed E-state index contributed by atoms with van der Waals surface area (Å²) in [6.45, 7) is 0. The van der Waals surface area contributed by atoms with Crippen molar-refractivity contribution in [3.8, 4) is 0 Å². The largest absolute Gasteiger partial charge is 0.410 e. The third-order valence-electron chi connectivity index (χ3n) is 2.28. The predicted molar refractivity (Wildman–Crippen MR) is 60.3 cm³/mol. The molecule has 1 N–H and O–H groups in total. The van der Waals surface area contributed by atoms with Crippen molar-refractivity contribution in [2.75, 3.05) is 0 Å². The van der Waals surface area contributed by atoms with Gasteiger partial charge in [-0.25, -0.2) is 4.39 Å². The van der Waals surface area contributed by atoms with Crippen molar-refractivity contribution >= 4 is 5.71 Å². The lowest BCUT2D eigenvalue weighted by atomic mass is 10.0. The summed E-state index contributed by atoms with van der Waals surface area (Å²) in [5.74, 6) is -0.404. The van der Waals surface area contributed by atoms with Crippen LogP contribution in [0.25, 0.3) is 0 Å². The molecule has 0 heterocycles. The molecule has 0 saturated heterocycles. The minimum atomic E-state index is -0.404. The fraction of sp³-hybridized carbons (Fsp3) is 0. The third kappa shape index (κ3) is 1.93. The zero-order valence-corrected chi connectivity index (χ0v) is 8.47. The first-order chi connectivity index (χ1) is 7.83. The number of hydrogen-bond acceptors (Lipinski definition) is 2. The molecule has 0 aliphatic heterocycles. The Morgan fingerprint density at radius 2 is 1.56 bits per heavy atom. The maximum absolute atomic E-state index is 13.5. The van der Waals surface area contributed by atoms with Crippen molar-refractivity contribution in [1.82, 2.24) is 0 Å². The van der Waals surface area contributed by atoms with Crippen LogP contribution in [0, 0.1) is 5.82 Å². The standard InChI is InChI=1S/C13H10FNO/c14-12-9-5-4-8-11(12)13(15-16)10-6-2-1-3-7-10/h1-9,16H/b15-13+. The molecule has 0 radical (unpaired) electrons. The minimum absolute atomic E-state index is 0.235. The van der Waals surface area contributed by atoms with Gasteiger partial charge in [-0.15, -0.1) is 0 Å². The molecule has 0 amide bonds. The number of hydrogen-bond donors (Lipinski definition) is 1. The van der Waals surface area contributed by atoms with Gasteiger partial charge < -0.3 is 5.21 Å². The predicted octanol–water partition coefficient (Wildman–Crippen LogP) is 3.05. The van der Waals surface area contributed by atoms with Crippen molar-refractivity contribution in [2.45, 2.75) is 0 Å². The van der Waals surface area contributed by atoms with Crippen molar-refractivity contribution in [2.24, 2.45) is 5.16 Å². The third-order valence-corrected chi connectivity index (χ3v) is 2.28. The van der Waals surface area contributed by atoms with Crippen LogP contribution in [0.2, 0.25) is 0 Å². The SMILES string of the molecule is O/N=C(\c1ccccc1)c1ccccc1F. The molecule has 0 atom stereocenters. The Hall–Kier alpha value is -2.16. The minimum Gasteiger partial charge on any atom is -0.410 e. The summed E-state index contributed by atoms with van der Waals surface area (Å²) in [6, 6.07) is 15.2. The average Bonchev–Trinajstić information content (AvgIpc) is 2.34. The fourth-order valence-electron chi connectivity index (χ4n) is 1.52. The first-order valence-corrected chi connectivity index (χ1v) is 4.85. The topological polar surface area (TPSA) is 32.6 Å². The average molecular weight is 215 g/mol. The number of rotatable bonds is 2. The normalized spacial score (nSPS) is 11.4. The van der Waals surface area contributed by atoms with Crippen LogP contribution >= 0.6 is 0 Å². The number of halogens is 1. The van der Waals surface area contributed by atoms with Gasteiger partial charge in [0, 0.05) is 11.1 Å². The van der Waals surface area contributed by atoms with E-state index in [1.165, 1.54) is 6.07 Å². The maximum Gasteiger partial charge on any atom is 0.132 e. The van der Waals surface area contributed by atoms with Crippen LogP contribution in [-0.2, 0) is 0 Å². The Balaban J connectivity index is 2.51. The molecular formula is C13H10FNO. The lowest BCUT2D eigenvalue weighted by Gasteiger charge is -2.05. The van der Waals surface area contributed by atoms with Gasteiger partial charge in [0.2, 0.25) is 0 Å². The van der Waals surface area contributed by atoms with Crippen molar-refractivity contribution in [3.63, 3.8) is 0 Å². The van der Waals surface area contributed by atoms with E-state index in [4.69, 9.17) is 5.21 Å². The Morgan fingerprint density at radius 3 is 2.19 bits per heavy atom. The van der Waals surface area contributed by atoms with Gasteiger partial charge in [0.05, 0.1) is 0 Å². The molecule has 2 aromatic carbocycles. The second-order valence-electron chi connectivity index (χ2n) is 3.29. The zero-order valence-electron chi connectivity index (χ0n) is 8.47. The van der Waals surface area contributed by atoms with E-state index in [2.05, 4.69) is 5.16 Å². The Labute approximate surface area is 92.7 Å². The van der Waals surface area contributed by atoms with E-state index in [-0.39, 0.29) is 11.3 Å². The van der Waals surface area contributed by atoms with Crippen molar-refractivity contribution < 1.29 is 9.60 Å². The van der Waals surface area contributed by atoms with E-state index < -0.39 is 5.82 Å². The molecule has 0 fully saturated rings. The highest BCUT2D eigenvalue weighted by Crippen LogP contribution is 2.13. The molecule has 0 saturated carbocycles. The molecule has 0 spiro atoms. The zero-order chi connectivity index (χ0) is 11.4. The van der Waals surface area contributed by atoms with E-state index in [0.717, 1.165) is 0 Å². The summed E-state index contributed by atoms with van der Waals surface area (Å²) in [5, 5.41) is 12.1. The van der Waals surface area contributed by atoms with Gasteiger partial charge >= 0.3 is 0 Å². The monoisotopic (exact) mass is 215 g/mol. The van der Waals surface area contributed by atoms with Crippen molar-refractivity contribution in [1.29, 1.82) is 0 Å². The maximum atomic E-state index is 13.5. The van der Waals surface area contributed by atoms with Gasteiger partial charge in [0.25, 0.3) is 0 Å². The second kappa shape index (κ2) is 4.57. The summed E-state index contributed by atoms with van der Waals surface area (Å²) in [7, 11) is 0. The molecule has 0 aliphatic carbocycles. The lowest BCUT2D eigenvalue weighted by molar-refractivity contribution is 0.319. The van der Waals surface area contributed by atoms with E-state index in [0.29, 0.717) is 5.56 Å². The van der Waals surface area contributed by atoms with Gasteiger partial charge in [-0.05, 0) is 12.1 Å². The highest BCUT2D eigenvalue weighted by molar-refractivity contribution is 6.12. The summed E-state index contributed by atoms with van der Waals surface area (Å²) in [6.07, 6.45) is 0. The number of nitrogens with zero attached hydrogens (tertiary/aromatic N) is 1. The van der Waals surface area contributed by atoms with Gasteiger partial charge in [0.1, 0.15) is 11.5 Å². The molecule has 2 rings (SSSR count). The molecular weight excluding hydrogens is 205 g/mol. The van der Waals surface area contributed by atoms with Crippen LogP contribution in [0.15, 0.2) is 59.8 Å². The van der Waals surface area contributed by atoms with E-state index in [1.54, 1.807) is 42.5 Å². The molecule has 0 bridgehead atoms. The van der Waals surface area contributed by atoms with Crippen LogP contribution in [0.4, 0.5) is 4.39 Å². The molecule has 16 heavy (non-hydrogen) atoms. The Bertz CT molecular complexity index is 508. The summed E-state index contributed by atoms with van der Waals surface area (Å²) < 4.78 is 13.5. The quantitative estimate of drug-likeness (QED) is 0.466. The fourth-order valence-corrected chi connectivity index (χ4v) is 1.52. The Kier molecular flexibility index (Phi) is 2.96. The van der Waals surface area contributed by atoms with Crippen LogP contribution in [-0.4, -0.2) is 10.9 Å². The summed E-state index contributed by atoms with van der Waals surface area (Å²) >= 11 is 0. The molecule has 3 heteroatoms. The van der Waals surface area contributed by atoms with Crippen LogP contribution in [0.3, 0.4) is 0 Å². The first kappa shape index (κ1) is 10.4. The lowest BCUT2D eigenvalue weighted by Crippen LogP contribution is -2.05. The van der Waals surface area contributed by atoms with Gasteiger partial charge in [0.15, 0.2) is 0 Å². The number of oxime groups is 1. The molecule has 0 unspecified atom stereocenters. The first-order valence-electron chi connectivity index (χ1n) is 4.85. The second-order valence-corrected chi connectivity index (χ2v) is 3.29. The Morgan fingerprint density at radius 1 is 0.938 bits per heavy atom. The molecule has 0 aliphatic rings. The molecule has 0 aromatic heterocycles. The van der Waals surface area contributed by atoms with E-state index in [1.807, 2.05) is 6.07 Å². The highest BCUT2D eigenvalue weighted by atomic mass is 19.1. The van der Waals surface area contributed by atoms with Gasteiger partial charge in [-0.1, -0.05) is 47.6 Å². The molecule has 80 valence electrons. The summed E-state index contributed by atoms with van der Waals surface area (Å²) in [4.78, 5) is 0. The van der Waals surface area contributed by atoms with Crippen LogP contribution in [0.5, 0.6) is 0 Å². The smallest absolute Gasteiger partial charge is 0.132 e. The van der Waals surface area contributed by atoms with Crippen LogP contribution in [0.1, 0.15) is 11.1 Å². The summed E-state index contributed by atoms with van der Waals surface area (Å²) in [5.41, 5.74) is 1.20. The highest BCUT2D eigenvalue weighted by Gasteiger charge is 2.11. The van der Waals surface area contributed by atoms with Crippen LogP contribution < -0.4 is 0 Å².